The highest BCUT2D eigenvalue weighted by atomic mass is 35.5. The molecule has 0 fully saturated rings. The minimum Gasteiger partial charge on any atom is -0.295 e. The molecule has 2 amide bonds. The third kappa shape index (κ3) is 3.69. The summed E-state index contributed by atoms with van der Waals surface area (Å²) in [6.07, 6.45) is 0.189. The van der Waals surface area contributed by atoms with E-state index in [1.807, 2.05) is 12.1 Å². The lowest BCUT2D eigenvalue weighted by atomic mass is 10.0. The molecule has 0 spiro atoms. The Morgan fingerprint density at radius 1 is 1.11 bits per heavy atom. The maximum absolute atomic E-state index is 12.5. The van der Waals surface area contributed by atoms with Crippen LogP contribution in [0.15, 0.2) is 42.5 Å². The molecule has 7 nitrogen and oxygen atoms in total. The van der Waals surface area contributed by atoms with Crippen LogP contribution in [0.1, 0.15) is 28.4 Å². The van der Waals surface area contributed by atoms with E-state index in [2.05, 4.69) is 20.7 Å². The number of nitrogens with zero attached hydrogens (tertiary/aromatic N) is 3. The standard InChI is InChI=1S/C18H12Cl3N5O2/c19-10-3-1-9(2-4-10)14-8-15(27)22-18-24-17(25-26(14)18)23-16(28)12-6-5-11(20)7-13(12)21/h1-7,14H,8H2,(H2,22,23,24,25,27,28)/t14-/m0/s1. The second-order valence-electron chi connectivity index (χ2n) is 6.10. The van der Waals surface area contributed by atoms with Crippen molar-refractivity contribution in [2.45, 2.75) is 12.5 Å². The van der Waals surface area contributed by atoms with Gasteiger partial charge in [-0.2, -0.15) is 4.98 Å². The molecule has 4 rings (SSSR count). The highest BCUT2D eigenvalue weighted by molar-refractivity contribution is 6.37. The van der Waals surface area contributed by atoms with Gasteiger partial charge in [0.25, 0.3) is 11.9 Å². The van der Waals surface area contributed by atoms with Crippen molar-refractivity contribution in [3.05, 3.63) is 68.7 Å². The van der Waals surface area contributed by atoms with Gasteiger partial charge in [-0.05, 0) is 35.9 Å². The van der Waals surface area contributed by atoms with Crippen LogP contribution in [0.4, 0.5) is 11.9 Å². The van der Waals surface area contributed by atoms with Crippen LogP contribution in [0.2, 0.25) is 15.1 Å². The van der Waals surface area contributed by atoms with Crippen LogP contribution >= 0.6 is 34.8 Å². The molecule has 0 radical (unpaired) electrons. The Morgan fingerprint density at radius 3 is 2.54 bits per heavy atom. The van der Waals surface area contributed by atoms with Crippen molar-refractivity contribution in [2.24, 2.45) is 0 Å². The highest BCUT2D eigenvalue weighted by Gasteiger charge is 2.29. The molecule has 142 valence electrons. The van der Waals surface area contributed by atoms with Gasteiger partial charge in [0.15, 0.2) is 0 Å². The second-order valence-corrected chi connectivity index (χ2v) is 7.38. The van der Waals surface area contributed by atoms with Crippen LogP contribution < -0.4 is 10.6 Å². The number of nitrogens with one attached hydrogen (secondary N) is 2. The van der Waals surface area contributed by atoms with E-state index in [0.29, 0.717) is 10.0 Å². The van der Waals surface area contributed by atoms with E-state index in [0.717, 1.165) is 5.56 Å². The van der Waals surface area contributed by atoms with Crippen LogP contribution in [0.3, 0.4) is 0 Å². The first-order valence-corrected chi connectivity index (χ1v) is 9.32. The zero-order chi connectivity index (χ0) is 19.8. The Balaban J connectivity index is 1.63. The number of carbonyl (C=O) groups excluding carboxylic acids is 2. The molecule has 2 aromatic carbocycles. The number of hydrogen-bond acceptors (Lipinski definition) is 4. The number of amides is 2. The molecule has 2 heterocycles. The number of anilines is 2. The summed E-state index contributed by atoms with van der Waals surface area (Å²) in [4.78, 5) is 28.8. The first-order valence-electron chi connectivity index (χ1n) is 8.19. The lowest BCUT2D eigenvalue weighted by Gasteiger charge is -2.23. The smallest absolute Gasteiger partial charge is 0.259 e. The van der Waals surface area contributed by atoms with Crippen molar-refractivity contribution in [1.29, 1.82) is 0 Å². The molecular weight excluding hydrogens is 425 g/mol. The fourth-order valence-electron chi connectivity index (χ4n) is 2.90. The second kappa shape index (κ2) is 7.43. The number of hydrogen-bond donors (Lipinski definition) is 2. The Hall–Kier alpha value is -2.61. The molecule has 1 atom stereocenters. The van der Waals surface area contributed by atoms with Gasteiger partial charge in [-0.15, -0.1) is 5.10 Å². The number of benzene rings is 2. The van der Waals surface area contributed by atoms with Crippen molar-refractivity contribution < 1.29 is 9.59 Å². The van der Waals surface area contributed by atoms with E-state index >= 15 is 0 Å². The SMILES string of the molecule is O=C1C[C@@H](c2ccc(Cl)cc2)n2nc(NC(=O)c3ccc(Cl)cc3Cl)nc2N1. The maximum Gasteiger partial charge on any atom is 0.259 e. The van der Waals surface area contributed by atoms with Gasteiger partial charge in [0.1, 0.15) is 0 Å². The van der Waals surface area contributed by atoms with Gasteiger partial charge >= 0.3 is 0 Å². The zero-order valence-corrected chi connectivity index (χ0v) is 16.4. The van der Waals surface area contributed by atoms with Gasteiger partial charge < -0.3 is 0 Å². The van der Waals surface area contributed by atoms with Gasteiger partial charge in [0.2, 0.25) is 11.9 Å². The number of carbonyl (C=O) groups is 2. The minimum absolute atomic E-state index is 0.0483. The fraction of sp³-hybridized carbons (Fsp3) is 0.111. The van der Waals surface area contributed by atoms with Crippen LogP contribution in [0.25, 0.3) is 0 Å². The molecule has 0 aliphatic carbocycles. The number of fused-ring (bicyclic) bond motifs is 1. The van der Waals surface area contributed by atoms with Gasteiger partial charge in [-0.3, -0.25) is 20.2 Å². The molecule has 0 saturated carbocycles. The number of aromatic nitrogens is 3. The van der Waals surface area contributed by atoms with Crippen molar-refractivity contribution in [2.75, 3.05) is 10.6 Å². The largest absolute Gasteiger partial charge is 0.295 e. The number of halogens is 3. The van der Waals surface area contributed by atoms with Crippen molar-refractivity contribution >= 4 is 58.5 Å². The number of rotatable bonds is 3. The van der Waals surface area contributed by atoms with E-state index in [1.54, 1.807) is 22.9 Å². The summed E-state index contributed by atoms with van der Waals surface area (Å²) in [5.41, 5.74) is 1.08. The highest BCUT2D eigenvalue weighted by Crippen LogP contribution is 2.30. The quantitative estimate of drug-likeness (QED) is 0.636. The minimum atomic E-state index is -0.487. The third-order valence-electron chi connectivity index (χ3n) is 4.21. The topological polar surface area (TPSA) is 88.9 Å². The predicted octanol–water partition coefficient (Wildman–Crippen LogP) is 4.42. The van der Waals surface area contributed by atoms with Crippen LogP contribution in [0, 0.1) is 0 Å². The summed E-state index contributed by atoms with van der Waals surface area (Å²) < 4.78 is 1.56. The molecule has 1 aliphatic rings. The molecule has 10 heteroatoms. The predicted molar refractivity (Wildman–Crippen MR) is 107 cm³/mol. The summed E-state index contributed by atoms with van der Waals surface area (Å²) in [5.74, 6) is -0.390. The van der Waals surface area contributed by atoms with Gasteiger partial charge in [-0.25, -0.2) is 4.68 Å². The van der Waals surface area contributed by atoms with Crippen molar-refractivity contribution in [3.8, 4) is 0 Å². The average Bonchev–Trinajstić information content (AvgIpc) is 3.03. The summed E-state index contributed by atoms with van der Waals surface area (Å²) in [7, 11) is 0. The molecule has 2 N–H and O–H groups in total. The van der Waals surface area contributed by atoms with Gasteiger partial charge in [0.05, 0.1) is 23.0 Å². The lowest BCUT2D eigenvalue weighted by molar-refractivity contribution is -0.117. The summed E-state index contributed by atoms with van der Waals surface area (Å²) in [5, 5.41) is 10.8. The monoisotopic (exact) mass is 435 g/mol. The van der Waals surface area contributed by atoms with E-state index in [9.17, 15) is 9.59 Å². The third-order valence-corrected chi connectivity index (χ3v) is 5.01. The van der Waals surface area contributed by atoms with E-state index in [1.165, 1.54) is 12.1 Å². The van der Waals surface area contributed by atoms with E-state index in [4.69, 9.17) is 34.8 Å². The van der Waals surface area contributed by atoms with Crippen molar-refractivity contribution in [3.63, 3.8) is 0 Å². The zero-order valence-electron chi connectivity index (χ0n) is 14.1. The molecule has 0 unspecified atom stereocenters. The average molecular weight is 437 g/mol. The van der Waals surface area contributed by atoms with Gasteiger partial charge in [-0.1, -0.05) is 46.9 Å². The molecule has 0 saturated heterocycles. The first-order chi connectivity index (χ1) is 13.4. The lowest BCUT2D eigenvalue weighted by Crippen LogP contribution is -2.29. The van der Waals surface area contributed by atoms with E-state index < -0.39 is 5.91 Å². The molecular formula is C18H12Cl3N5O2. The van der Waals surface area contributed by atoms with Crippen LogP contribution in [-0.4, -0.2) is 26.6 Å². The molecule has 1 aromatic heterocycles. The fourth-order valence-corrected chi connectivity index (χ4v) is 3.52. The summed E-state index contributed by atoms with van der Waals surface area (Å²) in [6.45, 7) is 0. The van der Waals surface area contributed by atoms with Crippen molar-refractivity contribution in [1.82, 2.24) is 14.8 Å². The Bertz CT molecular complexity index is 1080. The Kier molecular flexibility index (Phi) is 4.97. The first kappa shape index (κ1) is 18.7. The normalized spacial score (nSPS) is 15.7. The maximum atomic E-state index is 12.5. The summed E-state index contributed by atoms with van der Waals surface area (Å²) >= 11 is 17.9. The molecule has 1 aliphatic heterocycles. The van der Waals surface area contributed by atoms with Crippen LogP contribution in [0.5, 0.6) is 0 Å². The Morgan fingerprint density at radius 2 is 1.82 bits per heavy atom. The molecule has 3 aromatic rings. The summed E-state index contributed by atoms with van der Waals surface area (Å²) in [6, 6.07) is 11.3. The molecule has 0 bridgehead atoms. The van der Waals surface area contributed by atoms with Gasteiger partial charge in [0, 0.05) is 10.0 Å². The molecule has 28 heavy (non-hydrogen) atoms. The Labute approximate surface area is 174 Å². The van der Waals surface area contributed by atoms with E-state index in [-0.39, 0.29) is 40.9 Å². The van der Waals surface area contributed by atoms with Crippen LogP contribution in [-0.2, 0) is 4.79 Å².